The van der Waals surface area contributed by atoms with Crippen LogP contribution in [0.25, 0.3) is 83.6 Å². The summed E-state index contributed by atoms with van der Waals surface area (Å²) < 4.78 is 2.32. The average molecular weight is 868 g/mol. The highest BCUT2D eigenvalue weighted by Crippen LogP contribution is 2.40. The summed E-state index contributed by atoms with van der Waals surface area (Å²) in [4.78, 5) is 12.1. The Morgan fingerprint density at radius 1 is 0.368 bits per heavy atom. The van der Waals surface area contributed by atoms with Crippen molar-refractivity contribution in [3.05, 3.63) is 241 Å². The van der Waals surface area contributed by atoms with Crippen molar-refractivity contribution in [2.24, 2.45) is 0 Å². The molecule has 316 valence electrons. The summed E-state index contributed by atoms with van der Waals surface area (Å²) in [6, 6.07) is 82.1. The molecule has 0 saturated carbocycles. The molecule has 0 N–H and O–H groups in total. The predicted octanol–water partition coefficient (Wildman–Crippen LogP) is 15.0. The highest BCUT2D eigenvalue weighted by Gasteiger charge is 2.18. The standard InChI is InChI=1S/C61H37N7/c62-38-41-15-19-45(20-16-41)57-37-58(66-61(65-57)47-21-17-42(39-63)18-22-47)46-25-23-44(24-26-46)54-33-29-48(35-49(54)40-64)43-27-30-52(31-28-43)68-59-14-8-7-13-55(59)56-36-53(32-34-60(56)68)67(50-9-3-1-4-10-50)51-11-5-2-6-12-51/h1-37H. The second kappa shape index (κ2) is 17.6. The minimum Gasteiger partial charge on any atom is -0.310 e. The highest BCUT2D eigenvalue weighted by molar-refractivity contribution is 6.10. The van der Waals surface area contributed by atoms with E-state index in [4.69, 9.17) is 9.97 Å². The third-order valence-corrected chi connectivity index (χ3v) is 12.3. The number of benzene rings is 9. The molecular formula is C61H37N7. The molecule has 9 aromatic carbocycles. The lowest BCUT2D eigenvalue weighted by Crippen LogP contribution is -2.09. The van der Waals surface area contributed by atoms with E-state index in [1.807, 2.05) is 78.9 Å². The van der Waals surface area contributed by atoms with Gasteiger partial charge in [-0.2, -0.15) is 15.8 Å². The van der Waals surface area contributed by atoms with Crippen molar-refractivity contribution >= 4 is 38.9 Å². The fraction of sp³-hybridized carbons (Fsp3) is 0. The number of fused-ring (bicyclic) bond motifs is 3. The Bertz CT molecular complexity index is 3670. The van der Waals surface area contributed by atoms with Crippen molar-refractivity contribution in [2.45, 2.75) is 0 Å². The molecule has 0 aliphatic heterocycles. The SMILES string of the molecule is N#Cc1ccc(-c2cc(-c3ccc(-c4ccc(-c5ccc(-n6c7ccccc7c7cc(N(c8ccccc8)c8ccccc8)ccc76)cc5)cc4C#N)cc3)nc(-c3ccc(C#N)cc3)n2)cc1. The van der Waals surface area contributed by atoms with Crippen molar-refractivity contribution in [1.82, 2.24) is 14.5 Å². The molecule has 0 fully saturated rings. The topological polar surface area (TPSA) is 105 Å². The van der Waals surface area contributed by atoms with E-state index in [1.54, 1.807) is 24.3 Å². The van der Waals surface area contributed by atoms with Crippen LogP contribution in [0.2, 0.25) is 0 Å². The molecular weight excluding hydrogens is 831 g/mol. The Morgan fingerprint density at radius 3 is 1.49 bits per heavy atom. The molecule has 0 saturated heterocycles. The zero-order valence-corrected chi connectivity index (χ0v) is 36.5. The van der Waals surface area contributed by atoms with Gasteiger partial charge in [-0.25, -0.2) is 9.97 Å². The van der Waals surface area contributed by atoms with Crippen LogP contribution in [0.3, 0.4) is 0 Å². The van der Waals surface area contributed by atoms with Crippen LogP contribution in [-0.4, -0.2) is 14.5 Å². The molecule has 0 aliphatic carbocycles. The smallest absolute Gasteiger partial charge is 0.160 e. The molecule has 0 unspecified atom stereocenters. The molecule has 7 nitrogen and oxygen atoms in total. The summed E-state index contributed by atoms with van der Waals surface area (Å²) in [5.74, 6) is 0.518. The lowest BCUT2D eigenvalue weighted by atomic mass is 9.94. The monoisotopic (exact) mass is 867 g/mol. The number of nitriles is 3. The van der Waals surface area contributed by atoms with Gasteiger partial charge in [0, 0.05) is 50.2 Å². The first-order valence-electron chi connectivity index (χ1n) is 22.1. The van der Waals surface area contributed by atoms with E-state index in [0.29, 0.717) is 33.9 Å². The predicted molar refractivity (Wildman–Crippen MR) is 272 cm³/mol. The third kappa shape index (κ3) is 7.67. The summed E-state index contributed by atoms with van der Waals surface area (Å²) >= 11 is 0. The average Bonchev–Trinajstić information content (AvgIpc) is 3.75. The Balaban J connectivity index is 0.895. The Labute approximate surface area is 393 Å². The van der Waals surface area contributed by atoms with Crippen molar-refractivity contribution in [3.63, 3.8) is 0 Å². The normalized spacial score (nSPS) is 10.9. The van der Waals surface area contributed by atoms with E-state index in [9.17, 15) is 15.8 Å². The van der Waals surface area contributed by atoms with Crippen LogP contribution in [-0.2, 0) is 0 Å². The molecule has 68 heavy (non-hydrogen) atoms. The van der Waals surface area contributed by atoms with E-state index in [0.717, 1.165) is 72.7 Å². The highest BCUT2D eigenvalue weighted by atomic mass is 15.1. The van der Waals surface area contributed by atoms with E-state index in [-0.39, 0.29) is 0 Å². The molecule has 0 radical (unpaired) electrons. The first kappa shape index (κ1) is 40.9. The summed E-state index contributed by atoms with van der Waals surface area (Å²) in [7, 11) is 0. The van der Waals surface area contributed by atoms with Gasteiger partial charge >= 0.3 is 0 Å². The Kier molecular flexibility index (Phi) is 10.6. The van der Waals surface area contributed by atoms with Crippen LogP contribution in [0.4, 0.5) is 17.1 Å². The quantitative estimate of drug-likeness (QED) is 0.143. The molecule has 7 heteroatoms. The van der Waals surface area contributed by atoms with Crippen LogP contribution in [0.5, 0.6) is 0 Å². The van der Waals surface area contributed by atoms with Gasteiger partial charge in [0.2, 0.25) is 0 Å². The lowest BCUT2D eigenvalue weighted by Gasteiger charge is -2.25. The number of hydrogen-bond donors (Lipinski definition) is 0. The largest absolute Gasteiger partial charge is 0.310 e. The van der Waals surface area contributed by atoms with E-state index in [1.165, 1.54) is 10.8 Å². The van der Waals surface area contributed by atoms with Gasteiger partial charge in [-0.3, -0.25) is 0 Å². The van der Waals surface area contributed by atoms with Gasteiger partial charge in [-0.05, 0) is 131 Å². The number of rotatable bonds is 9. The molecule has 2 aromatic heterocycles. The van der Waals surface area contributed by atoms with Crippen molar-refractivity contribution < 1.29 is 0 Å². The van der Waals surface area contributed by atoms with Crippen LogP contribution in [0.15, 0.2) is 224 Å². The third-order valence-electron chi connectivity index (χ3n) is 12.3. The first-order chi connectivity index (χ1) is 33.5. The Morgan fingerprint density at radius 2 is 0.882 bits per heavy atom. The summed E-state index contributed by atoms with van der Waals surface area (Å²) in [5.41, 5.74) is 15.9. The number of para-hydroxylation sites is 3. The summed E-state index contributed by atoms with van der Waals surface area (Å²) in [6.45, 7) is 0. The van der Waals surface area contributed by atoms with Gasteiger partial charge < -0.3 is 9.47 Å². The maximum Gasteiger partial charge on any atom is 0.160 e. The van der Waals surface area contributed by atoms with Crippen molar-refractivity contribution in [3.8, 4) is 80.1 Å². The van der Waals surface area contributed by atoms with Crippen LogP contribution < -0.4 is 4.90 Å². The minimum atomic E-state index is 0.518. The maximum atomic E-state index is 10.5. The fourth-order valence-corrected chi connectivity index (χ4v) is 8.95. The van der Waals surface area contributed by atoms with E-state index < -0.39 is 0 Å². The molecule has 2 heterocycles. The second-order valence-corrected chi connectivity index (χ2v) is 16.4. The van der Waals surface area contributed by atoms with E-state index >= 15 is 0 Å². The van der Waals surface area contributed by atoms with Crippen molar-refractivity contribution in [2.75, 3.05) is 4.90 Å². The van der Waals surface area contributed by atoms with Gasteiger partial charge in [0.1, 0.15) is 0 Å². The molecule has 0 bridgehead atoms. The lowest BCUT2D eigenvalue weighted by molar-refractivity contribution is 1.18. The van der Waals surface area contributed by atoms with Gasteiger partial charge in [-0.15, -0.1) is 0 Å². The maximum absolute atomic E-state index is 10.5. The Hall–Kier alpha value is -9.87. The number of nitrogens with zero attached hydrogens (tertiary/aromatic N) is 7. The molecule has 11 rings (SSSR count). The van der Waals surface area contributed by atoms with Gasteiger partial charge in [0.15, 0.2) is 5.82 Å². The van der Waals surface area contributed by atoms with Gasteiger partial charge in [0.05, 0.1) is 57.3 Å². The van der Waals surface area contributed by atoms with E-state index in [2.05, 4.69) is 149 Å². The number of anilines is 3. The summed E-state index contributed by atoms with van der Waals surface area (Å²) in [5, 5.41) is 31.5. The molecule has 0 amide bonds. The second-order valence-electron chi connectivity index (χ2n) is 16.4. The summed E-state index contributed by atoms with van der Waals surface area (Å²) in [6.07, 6.45) is 0. The number of hydrogen-bond acceptors (Lipinski definition) is 6. The number of aromatic nitrogens is 3. The fourth-order valence-electron chi connectivity index (χ4n) is 8.95. The molecule has 0 spiro atoms. The molecule has 0 atom stereocenters. The van der Waals surface area contributed by atoms with Crippen LogP contribution in [0, 0.1) is 34.0 Å². The van der Waals surface area contributed by atoms with Crippen molar-refractivity contribution in [1.29, 1.82) is 15.8 Å². The van der Waals surface area contributed by atoms with Crippen LogP contribution >= 0.6 is 0 Å². The van der Waals surface area contributed by atoms with Gasteiger partial charge in [-0.1, -0.05) is 115 Å². The molecule has 0 aliphatic rings. The first-order valence-corrected chi connectivity index (χ1v) is 22.1. The van der Waals surface area contributed by atoms with Gasteiger partial charge in [0.25, 0.3) is 0 Å². The molecule has 11 aromatic rings. The zero-order chi connectivity index (χ0) is 46.0. The minimum absolute atomic E-state index is 0.518. The van der Waals surface area contributed by atoms with Crippen LogP contribution in [0.1, 0.15) is 16.7 Å². The zero-order valence-electron chi connectivity index (χ0n) is 36.5.